The molecule has 2 atom stereocenters. The zero-order valence-electron chi connectivity index (χ0n) is 11.6. The first-order valence-electron chi connectivity index (χ1n) is 6.39. The van der Waals surface area contributed by atoms with Crippen LogP contribution in [0, 0.1) is 5.92 Å². The van der Waals surface area contributed by atoms with E-state index < -0.39 is 25.7 Å². The lowest BCUT2D eigenvalue weighted by molar-refractivity contribution is -0.141. The van der Waals surface area contributed by atoms with E-state index in [4.69, 9.17) is 9.84 Å². The lowest BCUT2D eigenvalue weighted by Crippen LogP contribution is -2.45. The van der Waals surface area contributed by atoms with Crippen molar-refractivity contribution in [3.05, 3.63) is 0 Å². The second-order valence-corrected chi connectivity index (χ2v) is 11.8. The van der Waals surface area contributed by atoms with E-state index in [1.165, 1.54) is 0 Å². The van der Waals surface area contributed by atoms with Gasteiger partial charge in [0, 0.05) is 8.07 Å². The maximum atomic E-state index is 11.6. The van der Waals surface area contributed by atoms with Gasteiger partial charge in [0.2, 0.25) is 0 Å². The van der Waals surface area contributed by atoms with Crippen LogP contribution in [0.4, 0.5) is 4.79 Å². The van der Waals surface area contributed by atoms with E-state index in [0.29, 0.717) is 13.0 Å². The zero-order valence-corrected chi connectivity index (χ0v) is 12.6. The van der Waals surface area contributed by atoms with Gasteiger partial charge in [-0.2, -0.15) is 0 Å². The summed E-state index contributed by atoms with van der Waals surface area (Å²) in [6, 6.07) is 0.887. The van der Waals surface area contributed by atoms with Crippen LogP contribution < -0.4 is 5.32 Å². The molecular weight excluding hydrogens is 250 g/mol. The Bertz CT molecular complexity index is 339. The van der Waals surface area contributed by atoms with Crippen molar-refractivity contribution in [2.45, 2.75) is 51.0 Å². The molecule has 0 saturated heterocycles. The Morgan fingerprint density at radius 1 is 1.44 bits per heavy atom. The average Bonchev–Trinajstić information content (AvgIpc) is 2.90. The van der Waals surface area contributed by atoms with Crippen molar-refractivity contribution < 1.29 is 19.4 Å². The molecule has 1 saturated carbocycles. The fraction of sp³-hybridized carbons (Fsp3) is 0.833. The van der Waals surface area contributed by atoms with Crippen LogP contribution in [0.2, 0.25) is 25.7 Å². The highest BCUT2D eigenvalue weighted by Crippen LogP contribution is 2.46. The van der Waals surface area contributed by atoms with Crippen LogP contribution >= 0.6 is 0 Å². The summed E-state index contributed by atoms with van der Waals surface area (Å²) in [7, 11) is -1.23. The Morgan fingerprint density at radius 2 is 2.06 bits per heavy atom. The number of carbonyl (C=O) groups is 2. The zero-order chi connectivity index (χ0) is 14.0. The summed E-state index contributed by atoms with van der Waals surface area (Å²) in [6.45, 7) is 8.88. The first-order chi connectivity index (χ1) is 8.21. The number of rotatable bonds is 6. The predicted molar refractivity (Wildman–Crippen MR) is 71.4 cm³/mol. The molecule has 0 bridgehead atoms. The van der Waals surface area contributed by atoms with E-state index in [-0.39, 0.29) is 5.92 Å². The number of hydrogen-bond acceptors (Lipinski definition) is 3. The van der Waals surface area contributed by atoms with Gasteiger partial charge in [0.1, 0.15) is 5.54 Å². The molecule has 0 aromatic carbocycles. The normalized spacial score (nSPS) is 26.6. The van der Waals surface area contributed by atoms with Gasteiger partial charge < -0.3 is 15.2 Å². The number of aliphatic carboxylic acids is 1. The van der Waals surface area contributed by atoms with Gasteiger partial charge in [-0.3, -0.25) is 0 Å². The smallest absolute Gasteiger partial charge is 0.408 e. The van der Waals surface area contributed by atoms with E-state index in [2.05, 4.69) is 25.0 Å². The fourth-order valence-electron chi connectivity index (χ4n) is 1.96. The van der Waals surface area contributed by atoms with Crippen LogP contribution in [0.5, 0.6) is 0 Å². The Morgan fingerprint density at radius 3 is 2.44 bits per heavy atom. The van der Waals surface area contributed by atoms with E-state index in [1.807, 2.05) is 6.92 Å². The van der Waals surface area contributed by atoms with E-state index in [1.54, 1.807) is 0 Å². The number of ether oxygens (including phenoxy) is 1. The first-order valence-corrected chi connectivity index (χ1v) is 10.1. The molecule has 1 aliphatic carbocycles. The minimum atomic E-state index is -1.23. The SMILES string of the molecule is CC[C@H]1C[C@@]1(NC(=O)OCC[Si](C)(C)C)C(=O)O. The van der Waals surface area contributed by atoms with Gasteiger partial charge in [-0.1, -0.05) is 33.0 Å². The van der Waals surface area contributed by atoms with Gasteiger partial charge in [-0.15, -0.1) is 0 Å². The maximum absolute atomic E-state index is 11.6. The topological polar surface area (TPSA) is 75.6 Å². The summed E-state index contributed by atoms with van der Waals surface area (Å²) in [4.78, 5) is 22.7. The van der Waals surface area contributed by atoms with E-state index in [0.717, 1.165) is 12.5 Å². The minimum absolute atomic E-state index is 0.0274. The van der Waals surface area contributed by atoms with Gasteiger partial charge in [-0.05, 0) is 18.4 Å². The van der Waals surface area contributed by atoms with Crippen LogP contribution in [0.15, 0.2) is 0 Å². The standard InChI is InChI=1S/C12H23NO4Si/c1-5-9-8-12(9,10(14)15)13-11(16)17-6-7-18(2,3)4/h9H,5-8H2,1-4H3,(H,13,16)(H,14,15)/t9-,12-/m0/s1. The second-order valence-electron chi connectivity index (χ2n) is 6.16. The Balaban J connectivity index is 2.38. The molecule has 0 heterocycles. The third kappa shape index (κ3) is 3.73. The number of nitrogens with one attached hydrogen (secondary N) is 1. The molecule has 6 heteroatoms. The minimum Gasteiger partial charge on any atom is -0.479 e. The molecule has 1 fully saturated rings. The number of amides is 1. The van der Waals surface area contributed by atoms with Crippen LogP contribution in [-0.2, 0) is 9.53 Å². The largest absolute Gasteiger partial charge is 0.479 e. The number of hydrogen-bond donors (Lipinski definition) is 2. The predicted octanol–water partition coefficient (Wildman–Crippen LogP) is 2.30. The summed E-state index contributed by atoms with van der Waals surface area (Å²) in [6.07, 6.45) is 0.648. The Hall–Kier alpha value is -1.04. The van der Waals surface area contributed by atoms with E-state index in [9.17, 15) is 9.59 Å². The van der Waals surface area contributed by atoms with Crippen molar-refractivity contribution in [3.63, 3.8) is 0 Å². The molecule has 0 aromatic heterocycles. The van der Waals surface area contributed by atoms with E-state index >= 15 is 0 Å². The molecule has 0 spiro atoms. The molecule has 2 N–H and O–H groups in total. The van der Waals surface area contributed by atoms with Crippen molar-refractivity contribution in [1.82, 2.24) is 5.32 Å². The van der Waals surface area contributed by atoms with Gasteiger partial charge in [0.15, 0.2) is 0 Å². The summed E-state index contributed by atoms with van der Waals surface area (Å²) in [5.74, 6) is -0.934. The molecule has 1 amide bonds. The molecule has 0 radical (unpaired) electrons. The number of alkyl carbamates (subject to hydrolysis) is 1. The molecular formula is C12H23NO4Si. The van der Waals surface area contributed by atoms with Gasteiger partial charge in [0.25, 0.3) is 0 Å². The highest BCUT2D eigenvalue weighted by atomic mass is 28.3. The molecule has 0 aromatic rings. The van der Waals surface area contributed by atoms with Crippen LogP contribution in [0.25, 0.3) is 0 Å². The van der Waals surface area contributed by atoms with Crippen LogP contribution in [0.1, 0.15) is 19.8 Å². The Kier molecular flexibility index (Phi) is 4.42. The monoisotopic (exact) mass is 273 g/mol. The van der Waals surface area contributed by atoms with Gasteiger partial charge in [0.05, 0.1) is 6.61 Å². The quantitative estimate of drug-likeness (QED) is 0.728. The summed E-state index contributed by atoms with van der Waals surface area (Å²) in [5.41, 5.74) is -1.08. The summed E-state index contributed by atoms with van der Waals surface area (Å²) < 4.78 is 5.06. The maximum Gasteiger partial charge on any atom is 0.408 e. The third-order valence-corrected chi connectivity index (χ3v) is 5.09. The summed E-state index contributed by atoms with van der Waals surface area (Å²) >= 11 is 0. The molecule has 0 aliphatic heterocycles. The Labute approximate surface area is 109 Å². The lowest BCUT2D eigenvalue weighted by atomic mass is 10.2. The molecule has 0 unspecified atom stereocenters. The van der Waals surface area contributed by atoms with Crippen molar-refractivity contribution >= 4 is 20.1 Å². The molecule has 104 valence electrons. The summed E-state index contributed by atoms with van der Waals surface area (Å²) in [5, 5.41) is 11.7. The number of carboxylic acids is 1. The molecule has 1 rings (SSSR count). The average molecular weight is 273 g/mol. The highest BCUT2D eigenvalue weighted by molar-refractivity contribution is 6.76. The van der Waals surface area contributed by atoms with Crippen molar-refractivity contribution in [1.29, 1.82) is 0 Å². The first kappa shape index (κ1) is 15.0. The van der Waals surface area contributed by atoms with Gasteiger partial charge >= 0.3 is 12.1 Å². The van der Waals surface area contributed by atoms with Crippen LogP contribution in [0.3, 0.4) is 0 Å². The number of carbonyl (C=O) groups excluding carboxylic acids is 1. The fourth-order valence-corrected chi connectivity index (χ4v) is 2.67. The van der Waals surface area contributed by atoms with Crippen molar-refractivity contribution in [2.75, 3.05) is 6.61 Å². The second kappa shape index (κ2) is 5.30. The highest BCUT2D eigenvalue weighted by Gasteiger charge is 2.60. The van der Waals surface area contributed by atoms with Crippen molar-refractivity contribution in [2.24, 2.45) is 5.92 Å². The number of carboxylic acid groups (broad SMARTS) is 1. The van der Waals surface area contributed by atoms with Gasteiger partial charge in [-0.25, -0.2) is 9.59 Å². The molecule has 18 heavy (non-hydrogen) atoms. The lowest BCUT2D eigenvalue weighted by Gasteiger charge is -2.17. The van der Waals surface area contributed by atoms with Crippen LogP contribution in [-0.4, -0.2) is 37.4 Å². The molecule has 1 aliphatic rings. The third-order valence-electron chi connectivity index (χ3n) is 3.39. The molecule has 5 nitrogen and oxygen atoms in total. The van der Waals surface area contributed by atoms with Crippen molar-refractivity contribution in [3.8, 4) is 0 Å².